The van der Waals surface area contributed by atoms with Crippen LogP contribution in [0.25, 0.3) is 11.1 Å². The summed E-state index contributed by atoms with van der Waals surface area (Å²) in [5.41, 5.74) is 3.38. The minimum Gasteiger partial charge on any atom is -0.352 e. The molecule has 0 radical (unpaired) electrons. The Morgan fingerprint density at radius 3 is 2.14 bits per heavy atom. The number of carbonyl (C=O) groups is 2. The second kappa shape index (κ2) is 8.57. The minimum atomic E-state index is 0.112. The first kappa shape index (κ1) is 18.7. The topological polar surface area (TPSA) is 52.7 Å². The maximum Gasteiger partial charge on any atom is 0.234 e. The number of amides is 2. The zero-order chi connectivity index (χ0) is 19.3. The van der Waals surface area contributed by atoms with Gasteiger partial charge in [-0.3, -0.25) is 14.5 Å². The molecule has 2 fully saturated rings. The number of piperazine rings is 1. The highest BCUT2D eigenvalue weighted by Crippen LogP contribution is 2.20. The van der Waals surface area contributed by atoms with Crippen LogP contribution in [0.4, 0.5) is 0 Å². The van der Waals surface area contributed by atoms with E-state index in [4.69, 9.17) is 0 Å². The van der Waals surface area contributed by atoms with Crippen molar-refractivity contribution in [3.63, 3.8) is 0 Å². The molecule has 28 heavy (non-hydrogen) atoms. The van der Waals surface area contributed by atoms with Gasteiger partial charge in [0, 0.05) is 32.2 Å². The molecule has 1 aliphatic heterocycles. The Morgan fingerprint density at radius 2 is 1.50 bits per heavy atom. The molecule has 2 aromatic carbocycles. The van der Waals surface area contributed by atoms with Crippen molar-refractivity contribution in [3.8, 4) is 11.1 Å². The van der Waals surface area contributed by atoms with Crippen molar-refractivity contribution in [2.45, 2.75) is 25.3 Å². The van der Waals surface area contributed by atoms with E-state index in [1.165, 1.54) is 5.56 Å². The van der Waals surface area contributed by atoms with Crippen LogP contribution in [0.2, 0.25) is 0 Å². The number of carbonyl (C=O) groups excluding carboxylic acids is 2. The molecule has 146 valence electrons. The van der Waals surface area contributed by atoms with Gasteiger partial charge >= 0.3 is 0 Å². The second-order valence-corrected chi connectivity index (χ2v) is 7.74. The molecule has 1 saturated carbocycles. The highest BCUT2D eigenvalue weighted by molar-refractivity contribution is 5.80. The molecular weight excluding hydrogens is 350 g/mol. The summed E-state index contributed by atoms with van der Waals surface area (Å²) in [6.45, 7) is 3.35. The summed E-state index contributed by atoms with van der Waals surface area (Å²) in [5.74, 6) is 0.273. The molecule has 2 aromatic rings. The number of benzene rings is 2. The van der Waals surface area contributed by atoms with E-state index in [-0.39, 0.29) is 11.8 Å². The maximum absolute atomic E-state index is 12.6. The third-order valence-electron chi connectivity index (χ3n) is 5.45. The number of hydrogen-bond acceptors (Lipinski definition) is 3. The quantitative estimate of drug-likeness (QED) is 0.841. The van der Waals surface area contributed by atoms with E-state index >= 15 is 0 Å². The van der Waals surface area contributed by atoms with E-state index in [2.05, 4.69) is 34.5 Å². The predicted octanol–water partition coefficient (Wildman–Crippen LogP) is 2.32. The van der Waals surface area contributed by atoms with E-state index in [1.54, 1.807) is 0 Å². The number of rotatable bonds is 6. The van der Waals surface area contributed by atoms with Gasteiger partial charge in [-0.05, 0) is 29.5 Å². The lowest BCUT2D eigenvalue weighted by molar-refractivity contribution is -0.132. The molecule has 0 unspecified atom stereocenters. The van der Waals surface area contributed by atoms with Gasteiger partial charge in [0.15, 0.2) is 0 Å². The lowest BCUT2D eigenvalue weighted by Crippen LogP contribution is -2.51. The van der Waals surface area contributed by atoms with Crippen LogP contribution in [0.5, 0.6) is 0 Å². The lowest BCUT2D eigenvalue weighted by Gasteiger charge is -2.34. The van der Waals surface area contributed by atoms with E-state index in [0.29, 0.717) is 32.1 Å². The lowest BCUT2D eigenvalue weighted by atomic mass is 10.0. The van der Waals surface area contributed by atoms with Gasteiger partial charge in [-0.25, -0.2) is 0 Å². The average molecular weight is 377 g/mol. The van der Waals surface area contributed by atoms with E-state index < -0.39 is 0 Å². The van der Waals surface area contributed by atoms with E-state index in [9.17, 15) is 9.59 Å². The number of nitrogens with zero attached hydrogens (tertiary/aromatic N) is 2. The summed E-state index contributed by atoms with van der Waals surface area (Å²) in [5, 5.41) is 3.02. The Labute approximate surface area is 166 Å². The fourth-order valence-electron chi connectivity index (χ4n) is 3.59. The Morgan fingerprint density at radius 1 is 0.857 bits per heavy atom. The van der Waals surface area contributed by atoms with Crippen LogP contribution in [0.1, 0.15) is 18.4 Å². The van der Waals surface area contributed by atoms with E-state index in [0.717, 1.165) is 37.1 Å². The molecule has 5 nitrogen and oxygen atoms in total. The molecule has 1 saturated heterocycles. The summed E-state index contributed by atoms with van der Waals surface area (Å²) in [7, 11) is 0. The molecule has 0 aromatic heterocycles. The summed E-state index contributed by atoms with van der Waals surface area (Å²) in [6.07, 6.45) is 2.65. The molecular formula is C23H27N3O2. The third-order valence-corrected chi connectivity index (χ3v) is 5.45. The molecule has 1 N–H and O–H groups in total. The zero-order valence-electron chi connectivity index (χ0n) is 16.1. The Kier molecular flexibility index (Phi) is 5.72. The molecule has 4 rings (SSSR count). The van der Waals surface area contributed by atoms with Gasteiger partial charge in [-0.2, -0.15) is 0 Å². The Balaban J connectivity index is 1.24. The van der Waals surface area contributed by atoms with Gasteiger partial charge in [-0.15, -0.1) is 0 Å². The predicted molar refractivity (Wildman–Crippen MR) is 110 cm³/mol. The van der Waals surface area contributed by atoms with Crippen molar-refractivity contribution < 1.29 is 9.59 Å². The van der Waals surface area contributed by atoms with Crippen molar-refractivity contribution in [2.75, 3.05) is 32.7 Å². The second-order valence-electron chi connectivity index (χ2n) is 7.74. The van der Waals surface area contributed by atoms with Crippen LogP contribution in [0, 0.1) is 0 Å². The molecule has 0 bridgehead atoms. The first-order chi connectivity index (χ1) is 13.7. The molecule has 2 aliphatic rings. The normalized spacial score (nSPS) is 17.4. The minimum absolute atomic E-state index is 0.112. The van der Waals surface area contributed by atoms with Gasteiger partial charge in [0.1, 0.15) is 0 Å². The van der Waals surface area contributed by atoms with Crippen molar-refractivity contribution in [1.82, 2.24) is 15.1 Å². The first-order valence-corrected chi connectivity index (χ1v) is 10.1. The van der Waals surface area contributed by atoms with Gasteiger partial charge in [-0.1, -0.05) is 54.6 Å². The summed E-state index contributed by atoms with van der Waals surface area (Å²) in [4.78, 5) is 28.6. The summed E-state index contributed by atoms with van der Waals surface area (Å²) in [6, 6.07) is 18.9. The highest BCUT2D eigenvalue weighted by Gasteiger charge is 2.26. The van der Waals surface area contributed by atoms with Gasteiger partial charge < -0.3 is 10.2 Å². The molecule has 5 heteroatoms. The van der Waals surface area contributed by atoms with Crippen LogP contribution >= 0.6 is 0 Å². The fraction of sp³-hybridized carbons (Fsp3) is 0.391. The summed E-state index contributed by atoms with van der Waals surface area (Å²) < 4.78 is 0. The number of hydrogen-bond donors (Lipinski definition) is 1. The van der Waals surface area contributed by atoms with Crippen LogP contribution in [0.3, 0.4) is 0 Å². The standard InChI is InChI=1S/C23H27N3O2/c27-22(24-21-10-11-21)17-25-12-14-26(15-13-25)23(28)16-18-6-8-20(9-7-18)19-4-2-1-3-5-19/h1-9,21H,10-17H2,(H,24,27). The van der Waals surface area contributed by atoms with Crippen molar-refractivity contribution >= 4 is 11.8 Å². The molecule has 1 heterocycles. The van der Waals surface area contributed by atoms with Crippen molar-refractivity contribution in [3.05, 3.63) is 60.2 Å². The zero-order valence-corrected chi connectivity index (χ0v) is 16.1. The first-order valence-electron chi connectivity index (χ1n) is 10.1. The smallest absolute Gasteiger partial charge is 0.234 e. The van der Waals surface area contributed by atoms with Crippen LogP contribution in [-0.4, -0.2) is 60.4 Å². The Hall–Kier alpha value is -2.66. The average Bonchev–Trinajstić information content (AvgIpc) is 3.53. The molecule has 0 spiro atoms. The van der Waals surface area contributed by atoms with Gasteiger partial charge in [0.05, 0.1) is 13.0 Å². The number of nitrogens with one attached hydrogen (secondary N) is 1. The van der Waals surface area contributed by atoms with Crippen LogP contribution in [-0.2, 0) is 16.0 Å². The third kappa shape index (κ3) is 4.98. The highest BCUT2D eigenvalue weighted by atomic mass is 16.2. The summed E-state index contributed by atoms with van der Waals surface area (Å²) >= 11 is 0. The molecule has 0 atom stereocenters. The van der Waals surface area contributed by atoms with E-state index in [1.807, 2.05) is 35.2 Å². The molecule has 2 amide bonds. The molecule has 1 aliphatic carbocycles. The van der Waals surface area contributed by atoms with Crippen molar-refractivity contribution in [1.29, 1.82) is 0 Å². The van der Waals surface area contributed by atoms with Gasteiger partial charge in [0.2, 0.25) is 11.8 Å². The van der Waals surface area contributed by atoms with Gasteiger partial charge in [0.25, 0.3) is 0 Å². The monoisotopic (exact) mass is 377 g/mol. The largest absolute Gasteiger partial charge is 0.352 e. The maximum atomic E-state index is 12.6. The van der Waals surface area contributed by atoms with Crippen LogP contribution < -0.4 is 5.32 Å². The fourth-order valence-corrected chi connectivity index (χ4v) is 3.59. The SMILES string of the molecule is O=C(CN1CCN(C(=O)Cc2ccc(-c3ccccc3)cc2)CC1)NC1CC1. The van der Waals surface area contributed by atoms with Crippen molar-refractivity contribution in [2.24, 2.45) is 0 Å². The Bertz CT molecular complexity index is 808. The van der Waals surface area contributed by atoms with Crippen LogP contribution in [0.15, 0.2) is 54.6 Å².